The maximum absolute atomic E-state index is 12.2. The van der Waals surface area contributed by atoms with Gasteiger partial charge in [-0.2, -0.15) is 4.98 Å². The first-order valence-corrected chi connectivity index (χ1v) is 8.54. The third-order valence-corrected chi connectivity index (χ3v) is 3.96. The Labute approximate surface area is 153 Å². The lowest BCUT2D eigenvalue weighted by atomic mass is 10.2. The summed E-state index contributed by atoms with van der Waals surface area (Å²) >= 11 is 0. The molecular weight excluding hydrogens is 330 g/mol. The molecule has 0 spiro atoms. The number of nitrogens with one attached hydrogen (secondary N) is 1. The van der Waals surface area contributed by atoms with Gasteiger partial charge in [-0.1, -0.05) is 30.3 Å². The van der Waals surface area contributed by atoms with Crippen LogP contribution in [0.3, 0.4) is 0 Å². The van der Waals surface area contributed by atoms with Crippen LogP contribution in [0.5, 0.6) is 0 Å². The highest BCUT2D eigenvalue weighted by molar-refractivity contribution is 6.03. The molecule has 1 amide bonds. The molecule has 1 aromatic carbocycles. The minimum atomic E-state index is -0.223. The lowest BCUT2D eigenvalue weighted by molar-refractivity contribution is -0.111. The lowest BCUT2D eigenvalue weighted by Crippen LogP contribution is -2.37. The highest BCUT2D eigenvalue weighted by Crippen LogP contribution is 2.24. The lowest BCUT2D eigenvalue weighted by Gasteiger charge is -2.28. The van der Waals surface area contributed by atoms with E-state index in [1.165, 1.54) is 6.08 Å². The fraction of sp³-hybridized carbons (Fsp3) is 0.316. The summed E-state index contributed by atoms with van der Waals surface area (Å²) in [7, 11) is 3.78. The molecule has 136 valence electrons. The number of ether oxygens (including phenoxy) is 1. The van der Waals surface area contributed by atoms with E-state index >= 15 is 0 Å². The molecule has 2 aromatic rings. The fourth-order valence-electron chi connectivity index (χ4n) is 2.62. The van der Waals surface area contributed by atoms with Gasteiger partial charge in [-0.3, -0.25) is 4.79 Å². The monoisotopic (exact) mass is 353 g/mol. The van der Waals surface area contributed by atoms with Crippen molar-refractivity contribution in [2.75, 3.05) is 55.5 Å². The summed E-state index contributed by atoms with van der Waals surface area (Å²) in [6.07, 6.45) is 4.93. The van der Waals surface area contributed by atoms with Gasteiger partial charge in [-0.15, -0.1) is 0 Å². The van der Waals surface area contributed by atoms with E-state index in [1.54, 1.807) is 12.3 Å². The molecule has 3 rings (SSSR count). The smallest absolute Gasteiger partial charge is 0.248 e. The molecule has 0 unspecified atom stereocenters. The number of nitrogens with zero attached hydrogens (tertiary/aromatic N) is 4. The normalized spacial score (nSPS) is 14.5. The molecule has 1 aromatic heterocycles. The zero-order valence-corrected chi connectivity index (χ0v) is 15.1. The van der Waals surface area contributed by atoms with Crippen LogP contribution in [-0.4, -0.2) is 56.3 Å². The third kappa shape index (κ3) is 4.58. The summed E-state index contributed by atoms with van der Waals surface area (Å²) in [6.45, 7) is 2.86. The number of hydrogen-bond acceptors (Lipinski definition) is 6. The summed E-state index contributed by atoms with van der Waals surface area (Å²) in [5.41, 5.74) is 1.55. The molecule has 0 aliphatic carbocycles. The van der Waals surface area contributed by atoms with Crippen molar-refractivity contribution in [1.29, 1.82) is 0 Å². The number of aromatic nitrogens is 2. The van der Waals surface area contributed by atoms with Crippen molar-refractivity contribution in [3.63, 3.8) is 0 Å². The molecule has 1 N–H and O–H groups in total. The summed E-state index contributed by atoms with van der Waals surface area (Å²) in [6, 6.07) is 9.68. The maximum atomic E-state index is 12.2. The van der Waals surface area contributed by atoms with Crippen LogP contribution in [0.2, 0.25) is 0 Å². The summed E-state index contributed by atoms with van der Waals surface area (Å²) < 4.78 is 5.37. The molecule has 1 aliphatic heterocycles. The van der Waals surface area contributed by atoms with Crippen molar-refractivity contribution in [3.05, 3.63) is 48.2 Å². The van der Waals surface area contributed by atoms with Gasteiger partial charge in [0.15, 0.2) is 5.82 Å². The van der Waals surface area contributed by atoms with Gasteiger partial charge in [0.05, 0.1) is 19.4 Å². The number of amides is 1. The van der Waals surface area contributed by atoms with Crippen molar-refractivity contribution in [3.8, 4) is 0 Å². The van der Waals surface area contributed by atoms with E-state index in [1.807, 2.05) is 49.3 Å². The second kappa shape index (κ2) is 8.44. The molecular formula is C19H23N5O2. The predicted molar refractivity (Wildman–Crippen MR) is 103 cm³/mol. The van der Waals surface area contributed by atoms with Gasteiger partial charge in [-0.05, 0) is 11.6 Å². The molecule has 0 atom stereocenters. The molecule has 1 saturated heterocycles. The van der Waals surface area contributed by atoms with Crippen molar-refractivity contribution in [2.24, 2.45) is 0 Å². The van der Waals surface area contributed by atoms with E-state index in [4.69, 9.17) is 4.74 Å². The molecule has 0 bridgehead atoms. The van der Waals surface area contributed by atoms with Gasteiger partial charge in [0.1, 0.15) is 5.69 Å². The van der Waals surface area contributed by atoms with E-state index in [2.05, 4.69) is 20.2 Å². The van der Waals surface area contributed by atoms with E-state index in [-0.39, 0.29) is 5.91 Å². The van der Waals surface area contributed by atoms with E-state index in [0.29, 0.717) is 30.7 Å². The van der Waals surface area contributed by atoms with Gasteiger partial charge in [-0.25, -0.2) is 4.98 Å². The van der Waals surface area contributed by atoms with Crippen LogP contribution in [0, 0.1) is 0 Å². The fourth-order valence-corrected chi connectivity index (χ4v) is 2.62. The number of rotatable bonds is 5. The molecule has 1 aliphatic rings. The molecule has 26 heavy (non-hydrogen) atoms. The summed E-state index contributed by atoms with van der Waals surface area (Å²) in [5, 5.41) is 2.86. The quantitative estimate of drug-likeness (QED) is 0.830. The number of morpholine rings is 1. The van der Waals surface area contributed by atoms with Gasteiger partial charge < -0.3 is 19.9 Å². The van der Waals surface area contributed by atoms with Crippen LogP contribution in [0.15, 0.2) is 42.6 Å². The molecule has 7 heteroatoms. The van der Waals surface area contributed by atoms with Gasteiger partial charge in [0.2, 0.25) is 11.9 Å². The minimum absolute atomic E-state index is 0.223. The zero-order chi connectivity index (χ0) is 18.4. The van der Waals surface area contributed by atoms with Crippen molar-refractivity contribution in [2.45, 2.75) is 0 Å². The first kappa shape index (κ1) is 17.9. The maximum Gasteiger partial charge on any atom is 0.248 e. The van der Waals surface area contributed by atoms with Crippen LogP contribution >= 0.6 is 0 Å². The average molecular weight is 353 g/mol. The average Bonchev–Trinajstić information content (AvgIpc) is 2.68. The Morgan fingerprint density at radius 3 is 2.65 bits per heavy atom. The molecule has 2 heterocycles. The standard InChI is InChI=1S/C19H23N5O2/c1-23(2)18-16(14-20-19(22-18)24-10-12-26-13-11-24)21-17(25)9-8-15-6-4-3-5-7-15/h3-9,14H,10-13H2,1-2H3,(H,21,25). The van der Waals surface area contributed by atoms with E-state index < -0.39 is 0 Å². The first-order valence-electron chi connectivity index (χ1n) is 8.54. The minimum Gasteiger partial charge on any atom is -0.378 e. The zero-order valence-electron chi connectivity index (χ0n) is 15.1. The highest BCUT2D eigenvalue weighted by atomic mass is 16.5. The highest BCUT2D eigenvalue weighted by Gasteiger charge is 2.17. The predicted octanol–water partition coefficient (Wildman–Crippen LogP) is 2.03. The second-order valence-corrected chi connectivity index (χ2v) is 6.13. The topological polar surface area (TPSA) is 70.6 Å². The van der Waals surface area contributed by atoms with Gasteiger partial charge in [0.25, 0.3) is 0 Å². The van der Waals surface area contributed by atoms with Gasteiger partial charge in [0, 0.05) is 33.3 Å². The first-order chi connectivity index (χ1) is 12.6. The molecule has 1 fully saturated rings. The van der Waals surface area contributed by atoms with Crippen LogP contribution in [-0.2, 0) is 9.53 Å². The number of anilines is 3. The number of benzene rings is 1. The van der Waals surface area contributed by atoms with Crippen LogP contribution in [0.1, 0.15) is 5.56 Å². The third-order valence-electron chi connectivity index (χ3n) is 3.96. The Morgan fingerprint density at radius 2 is 1.96 bits per heavy atom. The summed E-state index contributed by atoms with van der Waals surface area (Å²) in [4.78, 5) is 25.2. The molecule has 7 nitrogen and oxygen atoms in total. The molecule has 0 saturated carbocycles. The van der Waals surface area contributed by atoms with Crippen molar-refractivity contribution in [1.82, 2.24) is 9.97 Å². The molecule has 0 radical (unpaired) electrons. The van der Waals surface area contributed by atoms with Crippen molar-refractivity contribution >= 4 is 29.4 Å². The summed E-state index contributed by atoms with van der Waals surface area (Å²) in [5.74, 6) is 1.09. The SMILES string of the molecule is CN(C)c1nc(N2CCOCC2)ncc1NC(=O)C=Cc1ccccc1. The number of carbonyl (C=O) groups is 1. The second-order valence-electron chi connectivity index (χ2n) is 6.13. The van der Waals surface area contributed by atoms with E-state index in [0.717, 1.165) is 18.7 Å². The Bertz CT molecular complexity index is 771. The van der Waals surface area contributed by atoms with E-state index in [9.17, 15) is 4.79 Å². The number of carbonyl (C=O) groups excluding carboxylic acids is 1. The Kier molecular flexibility index (Phi) is 5.80. The van der Waals surface area contributed by atoms with Crippen LogP contribution < -0.4 is 15.1 Å². The largest absolute Gasteiger partial charge is 0.378 e. The van der Waals surface area contributed by atoms with Crippen LogP contribution in [0.4, 0.5) is 17.5 Å². The Balaban J connectivity index is 1.74. The van der Waals surface area contributed by atoms with Gasteiger partial charge >= 0.3 is 0 Å². The van der Waals surface area contributed by atoms with Crippen molar-refractivity contribution < 1.29 is 9.53 Å². The number of hydrogen-bond donors (Lipinski definition) is 1. The Hall–Kier alpha value is -2.93. The van der Waals surface area contributed by atoms with Crippen LogP contribution in [0.25, 0.3) is 6.08 Å². The Morgan fingerprint density at radius 1 is 1.23 bits per heavy atom.